The molecule has 2 rings (SSSR count). The molecule has 0 saturated carbocycles. The fourth-order valence-corrected chi connectivity index (χ4v) is 4.75. The van der Waals surface area contributed by atoms with Crippen molar-refractivity contribution in [2.45, 2.75) is 37.7 Å². The number of imidazole rings is 1. The highest BCUT2D eigenvalue weighted by atomic mass is 31.2. The molecule has 0 spiro atoms. The van der Waals surface area contributed by atoms with Gasteiger partial charge >= 0.3 is 15.2 Å². The number of aryl methyl sites for hydroxylation is 2. The first kappa shape index (κ1) is 19.3. The molecule has 24 heavy (non-hydrogen) atoms. The van der Waals surface area contributed by atoms with Gasteiger partial charge in [-0.15, -0.1) is 0 Å². The molecule has 0 aliphatic carbocycles. The molecule has 0 radical (unpaired) electrons. The van der Waals surface area contributed by atoms with Crippen molar-refractivity contribution >= 4 is 26.2 Å². The Morgan fingerprint density at radius 3 is 2.33 bits per heavy atom. The first-order valence-corrected chi connectivity index (χ1v) is 10.5. The molecule has 0 aliphatic rings. The van der Waals surface area contributed by atoms with Gasteiger partial charge in [-0.3, -0.25) is 9.13 Å². The second kappa shape index (κ2) is 6.69. The lowest BCUT2D eigenvalue weighted by atomic mass is 10.1. The van der Waals surface area contributed by atoms with Crippen LogP contribution in [0, 0.1) is 6.92 Å². The molecule has 1 heterocycles. The predicted molar refractivity (Wildman–Crippen MR) is 87.4 cm³/mol. The maximum absolute atomic E-state index is 11.3. The molecule has 0 fully saturated rings. The molecule has 6 N–H and O–H groups in total. The summed E-state index contributed by atoms with van der Waals surface area (Å²) in [7, 11) is -10.7. The molecule has 0 aliphatic heterocycles. The van der Waals surface area contributed by atoms with E-state index >= 15 is 0 Å². The first-order chi connectivity index (χ1) is 10.9. The molecular weight excluding hydrogens is 358 g/mol. The van der Waals surface area contributed by atoms with Crippen LogP contribution in [0.4, 0.5) is 0 Å². The van der Waals surface area contributed by atoms with E-state index in [-0.39, 0.29) is 6.42 Å². The smallest absolute Gasteiger partial charge is 0.368 e. The Balaban J connectivity index is 2.00. The summed E-state index contributed by atoms with van der Waals surface area (Å²) in [5.41, 5.74) is 2.64. The zero-order chi connectivity index (χ0) is 18.2. The highest BCUT2D eigenvalue weighted by Gasteiger charge is 2.58. The number of aromatic amines is 1. The molecule has 134 valence electrons. The van der Waals surface area contributed by atoms with E-state index in [1.165, 1.54) is 0 Å². The van der Waals surface area contributed by atoms with Crippen LogP contribution in [-0.4, -0.2) is 39.7 Å². The minimum atomic E-state index is -5.37. The number of unbranched alkanes of at least 4 members (excludes halogenated alkanes) is 1. The Labute approximate surface area is 138 Å². The van der Waals surface area contributed by atoms with Crippen molar-refractivity contribution in [1.82, 2.24) is 9.97 Å². The number of hydrogen-bond acceptors (Lipinski definition) is 4. The van der Waals surface area contributed by atoms with Crippen LogP contribution in [0.2, 0.25) is 0 Å². The number of aliphatic hydroxyl groups is 1. The average Bonchev–Trinajstić information content (AvgIpc) is 2.80. The molecule has 9 nitrogen and oxygen atoms in total. The van der Waals surface area contributed by atoms with Crippen LogP contribution in [0.5, 0.6) is 0 Å². The summed E-state index contributed by atoms with van der Waals surface area (Å²) in [5.74, 6) is 0.788. The molecule has 0 unspecified atom stereocenters. The third kappa shape index (κ3) is 3.95. The second-order valence-electron chi connectivity index (χ2n) is 5.74. The normalized spacial score (nSPS) is 13.6. The van der Waals surface area contributed by atoms with Gasteiger partial charge in [-0.25, -0.2) is 4.98 Å². The predicted octanol–water partition coefficient (Wildman–Crippen LogP) is 1.59. The highest BCUT2D eigenvalue weighted by Crippen LogP contribution is 2.69. The Bertz CT molecular complexity index is 801. The van der Waals surface area contributed by atoms with E-state index in [9.17, 15) is 14.2 Å². The van der Waals surface area contributed by atoms with Crippen molar-refractivity contribution in [2.24, 2.45) is 0 Å². The van der Waals surface area contributed by atoms with Crippen molar-refractivity contribution < 1.29 is 33.8 Å². The number of fused-ring (bicyclic) bond motifs is 1. The fourth-order valence-electron chi connectivity index (χ4n) is 2.49. The summed E-state index contributed by atoms with van der Waals surface area (Å²) in [6, 6.07) is 5.60. The van der Waals surface area contributed by atoms with Crippen LogP contribution in [0.15, 0.2) is 18.2 Å². The summed E-state index contributed by atoms with van der Waals surface area (Å²) in [4.78, 5) is 43.6. The molecule has 11 heteroatoms. The van der Waals surface area contributed by atoms with Crippen LogP contribution in [0.3, 0.4) is 0 Å². The maximum Gasteiger partial charge on any atom is 0.369 e. The van der Waals surface area contributed by atoms with Gasteiger partial charge in [0.15, 0.2) is 0 Å². The fraction of sp³-hybridized carbons (Fsp3) is 0.462. The Kier molecular flexibility index (Phi) is 5.37. The monoisotopic (exact) mass is 378 g/mol. The van der Waals surface area contributed by atoms with Gasteiger partial charge < -0.3 is 29.7 Å². The maximum atomic E-state index is 11.3. The summed E-state index contributed by atoms with van der Waals surface area (Å²) >= 11 is 0. The van der Waals surface area contributed by atoms with Gasteiger partial charge in [0, 0.05) is 0 Å². The number of nitrogens with zero attached hydrogens (tertiary/aromatic N) is 1. The van der Waals surface area contributed by atoms with Crippen LogP contribution in [-0.2, 0) is 15.6 Å². The van der Waals surface area contributed by atoms with E-state index in [1.54, 1.807) is 0 Å². The molecule has 2 aromatic rings. The highest BCUT2D eigenvalue weighted by molar-refractivity contribution is 7.72. The Morgan fingerprint density at radius 2 is 1.75 bits per heavy atom. The van der Waals surface area contributed by atoms with Gasteiger partial charge in [0.1, 0.15) is 5.82 Å². The molecule has 1 aromatic carbocycles. The van der Waals surface area contributed by atoms with Crippen molar-refractivity contribution in [3.63, 3.8) is 0 Å². The van der Waals surface area contributed by atoms with Crippen molar-refractivity contribution in [2.75, 3.05) is 0 Å². The quantitative estimate of drug-likeness (QED) is 0.312. The number of rotatable bonds is 7. The summed E-state index contributed by atoms with van der Waals surface area (Å²) in [6.45, 7) is 1.84. The van der Waals surface area contributed by atoms with Gasteiger partial charge in [0.05, 0.1) is 11.0 Å². The number of H-pyrrole nitrogens is 1. The largest absolute Gasteiger partial charge is 0.369 e. The second-order valence-corrected chi connectivity index (χ2v) is 9.75. The minimum Gasteiger partial charge on any atom is -0.368 e. The molecular formula is C13H20N2O7P2. The zero-order valence-electron chi connectivity index (χ0n) is 13.0. The number of nitrogens with one attached hydrogen (secondary N) is 1. The van der Waals surface area contributed by atoms with Gasteiger partial charge in [0.25, 0.3) is 5.08 Å². The van der Waals surface area contributed by atoms with Crippen molar-refractivity contribution in [3.05, 3.63) is 29.6 Å². The standard InChI is InChI=1S/C13H20N2O7P2/c1-9-14-11-6-5-10(8-12(11)15-9)4-2-3-7-13(16,23(17,18)19)24(20,21)22/h5-6,8,16H,2-4,7H2,1H3,(H,14,15)(H2,17,18,19)(H2,20,21,22). The van der Waals surface area contributed by atoms with Crippen LogP contribution < -0.4 is 0 Å². The van der Waals surface area contributed by atoms with Gasteiger partial charge in [-0.2, -0.15) is 0 Å². The van der Waals surface area contributed by atoms with Gasteiger partial charge in [-0.1, -0.05) is 6.07 Å². The summed E-state index contributed by atoms with van der Waals surface area (Å²) in [5, 5.41) is 6.46. The Hall–Kier alpha value is -1.05. The molecule has 1 aromatic heterocycles. The van der Waals surface area contributed by atoms with Gasteiger partial charge in [-0.05, 0) is 50.3 Å². The third-order valence-corrected chi connectivity index (χ3v) is 7.70. The lowest BCUT2D eigenvalue weighted by Crippen LogP contribution is -2.28. The SMILES string of the molecule is Cc1nc2ccc(CCCCC(O)(P(=O)(O)O)P(=O)(O)O)cc2[nH]1. The van der Waals surface area contributed by atoms with E-state index in [4.69, 9.17) is 19.6 Å². The minimum absolute atomic E-state index is 0.0484. The average molecular weight is 378 g/mol. The van der Waals surface area contributed by atoms with Crippen LogP contribution in [0.1, 0.15) is 30.7 Å². The van der Waals surface area contributed by atoms with Crippen molar-refractivity contribution in [3.8, 4) is 0 Å². The molecule has 0 amide bonds. The third-order valence-electron chi connectivity index (χ3n) is 3.83. The number of hydrogen-bond donors (Lipinski definition) is 6. The molecule has 0 atom stereocenters. The zero-order valence-corrected chi connectivity index (χ0v) is 14.7. The molecule has 0 saturated heterocycles. The summed E-state index contributed by atoms with van der Waals surface area (Å²) < 4.78 is 22.5. The van der Waals surface area contributed by atoms with E-state index in [2.05, 4.69) is 9.97 Å². The first-order valence-electron chi connectivity index (χ1n) is 7.23. The van der Waals surface area contributed by atoms with Crippen LogP contribution in [0.25, 0.3) is 11.0 Å². The van der Waals surface area contributed by atoms with Crippen LogP contribution >= 0.6 is 15.2 Å². The van der Waals surface area contributed by atoms with Gasteiger partial charge in [0.2, 0.25) is 0 Å². The summed E-state index contributed by atoms with van der Waals surface area (Å²) in [6.07, 6.45) is 0.299. The lowest BCUT2D eigenvalue weighted by molar-refractivity contribution is 0.120. The number of benzene rings is 1. The Morgan fingerprint density at radius 1 is 1.12 bits per heavy atom. The van der Waals surface area contributed by atoms with E-state index < -0.39 is 26.7 Å². The van der Waals surface area contributed by atoms with E-state index in [0.717, 1.165) is 22.4 Å². The molecule has 0 bridgehead atoms. The number of aromatic nitrogens is 2. The van der Waals surface area contributed by atoms with E-state index in [1.807, 2.05) is 25.1 Å². The lowest BCUT2D eigenvalue weighted by Gasteiger charge is -2.29. The van der Waals surface area contributed by atoms with E-state index in [0.29, 0.717) is 12.8 Å². The topological polar surface area (TPSA) is 164 Å². The van der Waals surface area contributed by atoms with Crippen molar-refractivity contribution in [1.29, 1.82) is 0 Å².